The number of hydrogen-bond acceptors (Lipinski definition) is 4. The van der Waals surface area contributed by atoms with E-state index in [4.69, 9.17) is 10.6 Å². The third-order valence-corrected chi connectivity index (χ3v) is 3.20. The Bertz CT molecular complexity index is 169. The fourth-order valence-corrected chi connectivity index (χ4v) is 2.53. The normalized spacial score (nSPS) is 23.5. The summed E-state index contributed by atoms with van der Waals surface area (Å²) in [5.41, 5.74) is 2.68. The van der Waals surface area contributed by atoms with E-state index in [0.717, 1.165) is 11.6 Å². The summed E-state index contributed by atoms with van der Waals surface area (Å²) in [4.78, 5) is 4.36. The van der Waals surface area contributed by atoms with Crippen molar-refractivity contribution in [2.45, 2.75) is 6.42 Å². The third kappa shape index (κ3) is 3.54. The van der Waals surface area contributed by atoms with Crippen molar-refractivity contribution in [2.24, 2.45) is 16.8 Å². The molecule has 0 bridgehead atoms. The summed E-state index contributed by atoms with van der Waals surface area (Å²) < 4.78 is 4.92. The first-order valence-electron chi connectivity index (χ1n) is 4.46. The molecule has 0 amide bonds. The second kappa shape index (κ2) is 6.23. The molecule has 76 valence electrons. The van der Waals surface area contributed by atoms with E-state index in [1.54, 1.807) is 7.11 Å². The van der Waals surface area contributed by atoms with Gasteiger partial charge in [0, 0.05) is 18.8 Å². The van der Waals surface area contributed by atoms with Crippen molar-refractivity contribution in [3.05, 3.63) is 0 Å². The molecule has 1 atom stereocenters. The van der Waals surface area contributed by atoms with Crippen LogP contribution in [0.15, 0.2) is 4.99 Å². The van der Waals surface area contributed by atoms with Crippen LogP contribution in [-0.4, -0.2) is 37.6 Å². The van der Waals surface area contributed by atoms with Crippen LogP contribution in [0.25, 0.3) is 0 Å². The van der Waals surface area contributed by atoms with E-state index in [1.807, 2.05) is 11.8 Å². The van der Waals surface area contributed by atoms with E-state index in [1.165, 1.54) is 12.2 Å². The Hall–Kier alpha value is -0.260. The smallest absolute Gasteiger partial charge is 0.114 e. The summed E-state index contributed by atoms with van der Waals surface area (Å²) >= 11 is 1.96. The van der Waals surface area contributed by atoms with Crippen molar-refractivity contribution in [1.82, 2.24) is 5.43 Å². The van der Waals surface area contributed by atoms with E-state index in [9.17, 15) is 0 Å². The summed E-state index contributed by atoms with van der Waals surface area (Å²) in [5.74, 6) is 9.21. The fraction of sp³-hybridized carbons (Fsp3) is 0.875. The molecule has 1 heterocycles. The molecule has 0 saturated carbocycles. The van der Waals surface area contributed by atoms with Crippen molar-refractivity contribution >= 4 is 17.6 Å². The maximum Gasteiger partial charge on any atom is 0.114 e. The second-order valence-corrected chi connectivity index (χ2v) is 4.11. The minimum absolute atomic E-state index is 0.520. The van der Waals surface area contributed by atoms with Crippen LogP contribution in [0, 0.1) is 5.92 Å². The van der Waals surface area contributed by atoms with Crippen LogP contribution < -0.4 is 11.3 Å². The number of hydrogen-bond donors (Lipinski definition) is 2. The highest BCUT2D eigenvalue weighted by Gasteiger charge is 2.20. The third-order valence-electron chi connectivity index (χ3n) is 2.04. The Labute approximate surface area is 83.3 Å². The van der Waals surface area contributed by atoms with Gasteiger partial charge in [-0.25, -0.2) is 5.84 Å². The van der Waals surface area contributed by atoms with Crippen molar-refractivity contribution in [3.8, 4) is 0 Å². The molecule has 0 aromatic carbocycles. The standard InChI is InChI=1S/C8H17N3OS/c1-12-4-3-10-8(11-9)7-2-5-13-6-7/h7H,2-6,9H2,1H3,(H,10,11). The number of amidine groups is 1. The number of nitrogens with one attached hydrogen (secondary N) is 1. The highest BCUT2D eigenvalue weighted by atomic mass is 32.2. The SMILES string of the molecule is COCCN=C(NN)C1CCSC1. The van der Waals surface area contributed by atoms with Crippen LogP contribution in [-0.2, 0) is 4.74 Å². The van der Waals surface area contributed by atoms with Gasteiger partial charge in [-0.2, -0.15) is 11.8 Å². The Kier molecular flexibility index (Phi) is 5.19. The molecule has 5 heteroatoms. The maximum absolute atomic E-state index is 5.40. The minimum atomic E-state index is 0.520. The maximum atomic E-state index is 5.40. The summed E-state index contributed by atoms with van der Waals surface area (Å²) in [6, 6.07) is 0. The van der Waals surface area contributed by atoms with Crippen molar-refractivity contribution < 1.29 is 4.74 Å². The van der Waals surface area contributed by atoms with Crippen molar-refractivity contribution in [1.29, 1.82) is 0 Å². The average Bonchev–Trinajstić information content (AvgIpc) is 2.65. The monoisotopic (exact) mass is 203 g/mol. The largest absolute Gasteiger partial charge is 0.383 e. The van der Waals surface area contributed by atoms with Gasteiger partial charge < -0.3 is 10.2 Å². The molecule has 0 aromatic heterocycles. The molecule has 0 aliphatic carbocycles. The lowest BCUT2D eigenvalue weighted by Crippen LogP contribution is -2.36. The van der Waals surface area contributed by atoms with Gasteiger partial charge in [0.2, 0.25) is 0 Å². The molecular formula is C8H17N3OS. The molecule has 1 unspecified atom stereocenters. The van der Waals surface area contributed by atoms with Gasteiger partial charge in [-0.15, -0.1) is 0 Å². The van der Waals surface area contributed by atoms with E-state index in [2.05, 4.69) is 10.4 Å². The zero-order valence-corrected chi connectivity index (χ0v) is 8.77. The molecule has 1 aliphatic rings. The van der Waals surface area contributed by atoms with Crippen LogP contribution in [0.2, 0.25) is 0 Å². The first kappa shape index (κ1) is 10.8. The van der Waals surface area contributed by atoms with E-state index < -0.39 is 0 Å². The molecule has 1 aliphatic heterocycles. The highest BCUT2D eigenvalue weighted by molar-refractivity contribution is 7.99. The number of aliphatic imine (C=N–C) groups is 1. The predicted molar refractivity (Wildman–Crippen MR) is 56.9 cm³/mol. The number of rotatable bonds is 4. The molecule has 13 heavy (non-hydrogen) atoms. The lowest BCUT2D eigenvalue weighted by atomic mass is 10.1. The number of nitrogens with zero attached hydrogens (tertiary/aromatic N) is 1. The van der Waals surface area contributed by atoms with Gasteiger partial charge in [-0.05, 0) is 12.2 Å². The van der Waals surface area contributed by atoms with Gasteiger partial charge in [0.1, 0.15) is 5.84 Å². The number of ether oxygens (including phenoxy) is 1. The zero-order valence-electron chi connectivity index (χ0n) is 7.95. The number of hydrazine groups is 1. The van der Waals surface area contributed by atoms with Gasteiger partial charge in [0.25, 0.3) is 0 Å². The van der Waals surface area contributed by atoms with E-state index >= 15 is 0 Å². The Morgan fingerprint density at radius 3 is 3.15 bits per heavy atom. The topological polar surface area (TPSA) is 59.6 Å². The second-order valence-electron chi connectivity index (χ2n) is 2.96. The minimum Gasteiger partial charge on any atom is -0.383 e. The molecule has 1 saturated heterocycles. The average molecular weight is 203 g/mol. The fourth-order valence-electron chi connectivity index (χ4n) is 1.30. The van der Waals surface area contributed by atoms with Crippen LogP contribution in [0.4, 0.5) is 0 Å². The molecule has 0 aromatic rings. The van der Waals surface area contributed by atoms with Crippen molar-refractivity contribution in [3.63, 3.8) is 0 Å². The molecular weight excluding hydrogens is 186 g/mol. The van der Waals surface area contributed by atoms with Gasteiger partial charge >= 0.3 is 0 Å². The lowest BCUT2D eigenvalue weighted by molar-refractivity contribution is 0.208. The Morgan fingerprint density at radius 2 is 2.62 bits per heavy atom. The van der Waals surface area contributed by atoms with Crippen LogP contribution in [0.3, 0.4) is 0 Å². The molecule has 1 rings (SSSR count). The van der Waals surface area contributed by atoms with Crippen LogP contribution >= 0.6 is 11.8 Å². The molecule has 3 N–H and O–H groups in total. The van der Waals surface area contributed by atoms with Gasteiger partial charge in [-0.1, -0.05) is 0 Å². The molecule has 0 spiro atoms. The van der Waals surface area contributed by atoms with Gasteiger partial charge in [-0.3, -0.25) is 4.99 Å². The number of methoxy groups -OCH3 is 1. The molecule has 1 fully saturated rings. The molecule has 4 nitrogen and oxygen atoms in total. The zero-order chi connectivity index (χ0) is 9.52. The summed E-state index contributed by atoms with van der Waals surface area (Å²) in [5, 5.41) is 0. The van der Waals surface area contributed by atoms with Crippen LogP contribution in [0.5, 0.6) is 0 Å². The first-order valence-corrected chi connectivity index (χ1v) is 5.61. The number of thioether (sulfide) groups is 1. The molecule has 0 radical (unpaired) electrons. The first-order chi connectivity index (χ1) is 6.38. The quantitative estimate of drug-likeness (QED) is 0.226. The summed E-state index contributed by atoms with van der Waals surface area (Å²) in [6.45, 7) is 1.35. The summed E-state index contributed by atoms with van der Waals surface area (Å²) in [6.07, 6.45) is 1.18. The van der Waals surface area contributed by atoms with Crippen molar-refractivity contribution in [2.75, 3.05) is 31.8 Å². The van der Waals surface area contributed by atoms with E-state index in [0.29, 0.717) is 19.1 Å². The van der Waals surface area contributed by atoms with E-state index in [-0.39, 0.29) is 0 Å². The highest BCUT2D eigenvalue weighted by Crippen LogP contribution is 2.23. The lowest BCUT2D eigenvalue weighted by Gasteiger charge is -2.11. The van der Waals surface area contributed by atoms with Gasteiger partial charge in [0.05, 0.1) is 13.2 Å². The number of nitrogens with two attached hydrogens (primary N) is 1. The van der Waals surface area contributed by atoms with Crippen LogP contribution in [0.1, 0.15) is 6.42 Å². The summed E-state index contributed by atoms with van der Waals surface area (Å²) in [7, 11) is 1.68. The predicted octanol–water partition coefficient (Wildman–Crippen LogP) is 0.248. The Balaban J connectivity index is 2.35. The van der Waals surface area contributed by atoms with Gasteiger partial charge in [0.15, 0.2) is 0 Å². The Morgan fingerprint density at radius 1 is 1.77 bits per heavy atom.